The summed E-state index contributed by atoms with van der Waals surface area (Å²) in [6.45, 7) is -0.594. The second-order valence-electron chi connectivity index (χ2n) is 20.0. The second-order valence-corrected chi connectivity index (χ2v) is 20.0. The second kappa shape index (κ2) is 25.1. The summed E-state index contributed by atoms with van der Waals surface area (Å²) in [4.78, 5) is 25.7. The van der Waals surface area contributed by atoms with Gasteiger partial charge in [-0.1, -0.05) is 0 Å². The Kier molecular flexibility index (Phi) is 18.4. The molecule has 1 unspecified atom stereocenters. The van der Waals surface area contributed by atoms with E-state index in [0.29, 0.717) is 0 Å². The van der Waals surface area contributed by atoms with E-state index < -0.39 is 184 Å². The van der Waals surface area contributed by atoms with Crippen LogP contribution < -0.4 is 14.2 Å². The molecule has 4 fully saturated rings. The van der Waals surface area contributed by atoms with E-state index in [2.05, 4.69) is 0 Å². The molecule has 4 aromatic rings. The van der Waals surface area contributed by atoms with Crippen LogP contribution in [0.4, 0.5) is 0 Å². The van der Waals surface area contributed by atoms with Crippen molar-refractivity contribution in [1.82, 2.24) is 0 Å². The number of hydrogen-bond acceptors (Lipinski definition) is 30. The van der Waals surface area contributed by atoms with Gasteiger partial charge in [-0.3, -0.25) is 0 Å². The molecule has 0 aliphatic carbocycles. The summed E-state index contributed by atoms with van der Waals surface area (Å²) in [5.74, 6) is -6.12. The molecule has 5 heterocycles. The Labute approximate surface area is 468 Å². The van der Waals surface area contributed by atoms with E-state index in [4.69, 9.17) is 52.1 Å². The van der Waals surface area contributed by atoms with Crippen LogP contribution in [0.2, 0.25) is 0 Å². The molecule has 9 rings (SSSR count). The van der Waals surface area contributed by atoms with Crippen LogP contribution >= 0.6 is 0 Å². The smallest absolute Gasteiger partial charge is 0.338 e. The van der Waals surface area contributed by atoms with Crippen molar-refractivity contribution >= 4 is 18.0 Å². The molecule has 5 aliphatic heterocycles. The quantitative estimate of drug-likeness (QED) is 0.0381. The highest BCUT2D eigenvalue weighted by Crippen LogP contribution is 2.48. The van der Waals surface area contributed by atoms with Gasteiger partial charge in [-0.05, 0) is 73.7 Å². The molecule has 0 bridgehead atoms. The van der Waals surface area contributed by atoms with E-state index in [0.717, 1.165) is 30.3 Å². The van der Waals surface area contributed by atoms with Crippen molar-refractivity contribution in [1.29, 1.82) is 0 Å². The van der Waals surface area contributed by atoms with Gasteiger partial charge in [-0.25, -0.2) is 9.59 Å². The number of phenolic OH excluding ortho intramolecular Hbond substituents is 5. The molecule has 5 aliphatic rings. The Balaban J connectivity index is 0.851. The molecule has 0 saturated carbocycles. The van der Waals surface area contributed by atoms with Gasteiger partial charge in [-0.15, -0.1) is 0 Å². The zero-order chi connectivity index (χ0) is 59.9. The molecule has 30 nitrogen and oxygen atoms in total. The van der Waals surface area contributed by atoms with E-state index >= 15 is 0 Å². The van der Waals surface area contributed by atoms with E-state index in [9.17, 15) is 96.4 Å². The first-order chi connectivity index (χ1) is 39.4. The number of phenols is 5. The molecule has 30 heteroatoms. The van der Waals surface area contributed by atoms with Crippen LogP contribution in [0.1, 0.15) is 44.9 Å². The molecule has 83 heavy (non-hydrogen) atoms. The summed E-state index contributed by atoms with van der Waals surface area (Å²) < 4.78 is 62.3. The number of hydrogen-bond donors (Lipinski definition) is 17. The Bertz CT molecular complexity index is 2920. The zero-order valence-electron chi connectivity index (χ0n) is 43.2. The Morgan fingerprint density at radius 3 is 1.42 bits per heavy atom. The molecule has 452 valence electrons. The summed E-state index contributed by atoms with van der Waals surface area (Å²) in [5, 5.41) is 180. The lowest BCUT2D eigenvalue weighted by Crippen LogP contribution is -2.61. The van der Waals surface area contributed by atoms with Gasteiger partial charge in [-0.2, -0.15) is 0 Å². The van der Waals surface area contributed by atoms with Crippen LogP contribution in [0.15, 0.2) is 78.6 Å². The number of esters is 2. The van der Waals surface area contributed by atoms with Crippen molar-refractivity contribution in [2.75, 3.05) is 19.8 Å². The van der Waals surface area contributed by atoms with Crippen LogP contribution in [0.5, 0.6) is 46.0 Å². The number of aliphatic hydroxyl groups excluding tert-OH is 12. The number of rotatable bonds is 16. The fraction of sp³-hybridized carbons (Fsp3) is 0.472. The number of benzene rings is 4. The molecule has 0 amide bonds. The Morgan fingerprint density at radius 2 is 0.904 bits per heavy atom. The van der Waals surface area contributed by atoms with Crippen molar-refractivity contribution in [3.8, 4) is 46.0 Å². The van der Waals surface area contributed by atoms with Gasteiger partial charge < -0.3 is 139 Å². The number of aliphatic hydroxyl groups is 12. The number of carbonyl (C=O) groups is 2. The third-order valence-electron chi connectivity index (χ3n) is 14.2. The third kappa shape index (κ3) is 12.9. The van der Waals surface area contributed by atoms with Gasteiger partial charge in [0.2, 0.25) is 18.9 Å². The Hall–Kier alpha value is -6.92. The molecule has 0 radical (unpaired) electrons. The summed E-state index contributed by atoms with van der Waals surface area (Å²) in [6.07, 6.45) is -34.8. The van der Waals surface area contributed by atoms with E-state index in [1.807, 2.05) is 0 Å². The SMILES string of the molecule is C[C@H]1O[C@@H](OC[C@H]2O[C@@H](OC3=Cc4c(O)cc(O[C@@H]5O[C@@H](COC(=O)c6ccc(O[C@@H]7O[C@H](COC(=O)c8ccc(O)cc8)[C@@H](O)[C@H](O)[C@H]7O)cc6)[C@@H](O)[C@H](O)[C@H]5O)cc4OC3c3cc(O)c(O)c(O)c3)[C@H](O)[C@H](O)[C@@H]2O)[C@@H](O)[C@H](O)[C@H]1O. The number of fused-ring (bicyclic) bond motifs is 1. The molecule has 4 saturated heterocycles. The Morgan fingerprint density at radius 1 is 0.458 bits per heavy atom. The predicted octanol–water partition coefficient (Wildman–Crippen LogP) is -3.56. The molecule has 17 N–H and O–H groups in total. The van der Waals surface area contributed by atoms with Crippen molar-refractivity contribution in [2.45, 2.75) is 136 Å². The van der Waals surface area contributed by atoms with Crippen molar-refractivity contribution < 1.29 is 149 Å². The first-order valence-corrected chi connectivity index (χ1v) is 25.5. The standard InChI is InChI=1S/C53H60O30/c1-18-34(58)39(63)43(67)50(76-18)75-17-33-38(62)42(66)46(70)53(83-33)80-30-14-25-26(55)12-24(13-29(25)79-47(30)21-10-27(56)35(59)28(57)11-21)78-52-45(69)41(65)37(61)32(82-52)16-74-49(72)20-4-8-23(9-5-20)77-51-44(68)40(64)36(60)31(81-51)15-73-48(71)19-2-6-22(54)7-3-19/h2-14,18,31-34,36-47,50-70H,15-17H2,1H3/t18-,31-,32+,33-,34+,36-,37-,38-,39-,40+,41+,42-,43+,44-,45-,46-,47?,50-,51-,52-,53-/m1/s1. The molecular weight excluding hydrogens is 1120 g/mol. The van der Waals surface area contributed by atoms with Gasteiger partial charge in [0, 0.05) is 17.7 Å². The average molecular weight is 1180 g/mol. The highest BCUT2D eigenvalue weighted by atomic mass is 16.7. The molecule has 0 aromatic heterocycles. The first kappa shape index (κ1) is 60.7. The minimum absolute atomic E-state index is 0.0157. The van der Waals surface area contributed by atoms with Crippen LogP contribution in [-0.2, 0) is 37.9 Å². The first-order valence-electron chi connectivity index (χ1n) is 25.5. The largest absolute Gasteiger partial charge is 0.508 e. The van der Waals surface area contributed by atoms with Crippen LogP contribution in [-0.4, -0.2) is 241 Å². The summed E-state index contributed by atoms with van der Waals surface area (Å²) >= 11 is 0. The lowest BCUT2D eigenvalue weighted by Gasteiger charge is -2.43. The number of ether oxygens (including phenoxy) is 11. The van der Waals surface area contributed by atoms with E-state index in [-0.39, 0.29) is 51.0 Å². The van der Waals surface area contributed by atoms with Crippen molar-refractivity contribution in [3.05, 3.63) is 101 Å². The molecule has 0 spiro atoms. The van der Waals surface area contributed by atoms with Gasteiger partial charge in [0.15, 0.2) is 29.6 Å². The van der Waals surface area contributed by atoms with Gasteiger partial charge in [0.25, 0.3) is 0 Å². The van der Waals surface area contributed by atoms with Crippen LogP contribution in [0.25, 0.3) is 6.08 Å². The molecular formula is C53H60O30. The van der Waals surface area contributed by atoms with Gasteiger partial charge in [0.05, 0.1) is 29.4 Å². The monoisotopic (exact) mass is 1180 g/mol. The molecule has 4 aromatic carbocycles. The zero-order valence-corrected chi connectivity index (χ0v) is 43.2. The normalized spacial score (nSPS) is 35.2. The van der Waals surface area contributed by atoms with E-state index in [1.54, 1.807) is 0 Å². The minimum Gasteiger partial charge on any atom is -0.508 e. The highest BCUT2D eigenvalue weighted by Gasteiger charge is 2.50. The topological polar surface area (TPSA) is 480 Å². The van der Waals surface area contributed by atoms with Crippen molar-refractivity contribution in [2.24, 2.45) is 0 Å². The fourth-order valence-electron chi connectivity index (χ4n) is 9.35. The van der Waals surface area contributed by atoms with Gasteiger partial charge >= 0.3 is 11.9 Å². The van der Waals surface area contributed by atoms with Crippen molar-refractivity contribution in [3.63, 3.8) is 0 Å². The summed E-state index contributed by atoms with van der Waals surface area (Å²) in [6, 6.07) is 14.1. The fourth-order valence-corrected chi connectivity index (χ4v) is 9.35. The van der Waals surface area contributed by atoms with Gasteiger partial charge in [0.1, 0.15) is 139 Å². The summed E-state index contributed by atoms with van der Waals surface area (Å²) in [7, 11) is 0. The lowest BCUT2D eigenvalue weighted by molar-refractivity contribution is -0.324. The maximum Gasteiger partial charge on any atom is 0.338 e. The maximum atomic E-state index is 13.2. The highest BCUT2D eigenvalue weighted by molar-refractivity contribution is 5.90. The average Bonchev–Trinajstić information content (AvgIpc) is 3.65. The number of carbonyl (C=O) groups excluding carboxylic acids is 2. The number of aromatic hydroxyl groups is 5. The lowest BCUT2D eigenvalue weighted by atomic mass is 9.98. The van der Waals surface area contributed by atoms with Crippen LogP contribution in [0, 0.1) is 0 Å². The van der Waals surface area contributed by atoms with E-state index in [1.165, 1.54) is 55.5 Å². The predicted molar refractivity (Wildman–Crippen MR) is 267 cm³/mol. The summed E-state index contributed by atoms with van der Waals surface area (Å²) in [5.41, 5.74) is -0.345. The molecule has 21 atom stereocenters. The van der Waals surface area contributed by atoms with Crippen LogP contribution in [0.3, 0.4) is 0 Å². The maximum absolute atomic E-state index is 13.2. The third-order valence-corrected chi connectivity index (χ3v) is 14.2. The minimum atomic E-state index is -2.02.